The zero-order valence-corrected chi connectivity index (χ0v) is 16.1. The van der Waals surface area contributed by atoms with E-state index in [4.69, 9.17) is 6.42 Å². The van der Waals surface area contributed by atoms with Crippen LogP contribution in [0.2, 0.25) is 0 Å². The molecule has 0 atom stereocenters. The molecule has 5 nitrogen and oxygen atoms in total. The highest BCUT2D eigenvalue weighted by Crippen LogP contribution is 2.32. The third-order valence-electron chi connectivity index (χ3n) is 3.78. The van der Waals surface area contributed by atoms with Crippen molar-refractivity contribution in [3.63, 3.8) is 0 Å². The first-order valence-electron chi connectivity index (χ1n) is 8.17. The number of fused-ring (bicyclic) bond motifs is 1. The summed E-state index contributed by atoms with van der Waals surface area (Å²) in [5.41, 5.74) is 1.71. The van der Waals surface area contributed by atoms with Crippen LogP contribution in [0.3, 0.4) is 0 Å². The van der Waals surface area contributed by atoms with Crippen molar-refractivity contribution >= 4 is 39.2 Å². The number of terminal acetylenes is 1. The maximum absolute atomic E-state index is 13.2. The Kier molecular flexibility index (Phi) is 6.12. The number of nitrogens with one attached hydrogen (secondary N) is 1. The summed E-state index contributed by atoms with van der Waals surface area (Å²) in [5, 5.41) is 5.63. The van der Waals surface area contributed by atoms with Crippen molar-refractivity contribution in [2.75, 3.05) is 12.3 Å². The molecule has 1 N–H and O–H groups in total. The minimum atomic E-state index is -0.200. The summed E-state index contributed by atoms with van der Waals surface area (Å²) in [7, 11) is 0. The molecule has 2 aromatic heterocycles. The molecule has 1 amide bonds. The maximum Gasteiger partial charge on any atom is 0.263 e. The van der Waals surface area contributed by atoms with Crippen LogP contribution in [0.25, 0.3) is 21.3 Å². The molecule has 0 aliphatic carbocycles. The Morgan fingerprint density at radius 2 is 2.19 bits per heavy atom. The van der Waals surface area contributed by atoms with Gasteiger partial charge >= 0.3 is 0 Å². The fourth-order valence-corrected chi connectivity index (χ4v) is 4.39. The largest absolute Gasteiger partial charge is 0.344 e. The van der Waals surface area contributed by atoms with Crippen LogP contribution in [0, 0.1) is 12.3 Å². The van der Waals surface area contributed by atoms with Gasteiger partial charge in [0.1, 0.15) is 4.83 Å². The van der Waals surface area contributed by atoms with E-state index in [9.17, 15) is 9.59 Å². The molecule has 0 fully saturated rings. The van der Waals surface area contributed by atoms with Crippen molar-refractivity contribution in [2.24, 2.45) is 0 Å². The SMILES string of the molecule is C#CCNC(=O)CSc1nc2scc(-c3ccccc3)c2c(=O)n1CC=C. The molecule has 0 saturated carbocycles. The highest BCUT2D eigenvalue weighted by Gasteiger charge is 2.17. The third-order valence-corrected chi connectivity index (χ3v) is 5.62. The molecule has 0 spiro atoms. The van der Waals surface area contributed by atoms with E-state index in [1.165, 1.54) is 23.1 Å². The molecule has 0 aliphatic heterocycles. The first-order valence-corrected chi connectivity index (χ1v) is 10.0. The van der Waals surface area contributed by atoms with E-state index in [0.717, 1.165) is 11.1 Å². The summed E-state index contributed by atoms with van der Waals surface area (Å²) in [6.07, 6.45) is 6.79. The predicted octanol–water partition coefficient (Wildman–Crippen LogP) is 3.15. The van der Waals surface area contributed by atoms with Gasteiger partial charge in [0.05, 0.1) is 17.7 Å². The Morgan fingerprint density at radius 1 is 1.41 bits per heavy atom. The molecule has 0 bridgehead atoms. The lowest BCUT2D eigenvalue weighted by molar-refractivity contribution is -0.118. The Hall–Kier alpha value is -2.82. The lowest BCUT2D eigenvalue weighted by Gasteiger charge is -2.10. The number of benzene rings is 1. The van der Waals surface area contributed by atoms with Gasteiger partial charge in [0.15, 0.2) is 5.16 Å². The predicted molar refractivity (Wildman–Crippen MR) is 112 cm³/mol. The monoisotopic (exact) mass is 395 g/mol. The van der Waals surface area contributed by atoms with Gasteiger partial charge in [0, 0.05) is 17.5 Å². The molecule has 0 unspecified atom stereocenters. The van der Waals surface area contributed by atoms with Gasteiger partial charge < -0.3 is 5.32 Å². The van der Waals surface area contributed by atoms with Crippen molar-refractivity contribution in [3.8, 4) is 23.5 Å². The number of hydrogen-bond donors (Lipinski definition) is 1. The zero-order chi connectivity index (χ0) is 19.2. The van der Waals surface area contributed by atoms with Gasteiger partial charge in [-0.3, -0.25) is 14.2 Å². The molecule has 27 heavy (non-hydrogen) atoms. The van der Waals surface area contributed by atoms with Crippen LogP contribution in [-0.2, 0) is 11.3 Å². The van der Waals surface area contributed by atoms with Gasteiger partial charge in [0.25, 0.3) is 5.56 Å². The molecule has 2 heterocycles. The molecular formula is C20H17N3O2S2. The highest BCUT2D eigenvalue weighted by molar-refractivity contribution is 7.99. The lowest BCUT2D eigenvalue weighted by Crippen LogP contribution is -2.27. The quantitative estimate of drug-likeness (QED) is 0.289. The maximum atomic E-state index is 13.2. The summed E-state index contributed by atoms with van der Waals surface area (Å²) in [4.78, 5) is 30.3. The van der Waals surface area contributed by atoms with Gasteiger partial charge in [-0.15, -0.1) is 24.3 Å². The smallest absolute Gasteiger partial charge is 0.263 e. The van der Waals surface area contributed by atoms with E-state index >= 15 is 0 Å². The first kappa shape index (κ1) is 19.0. The molecular weight excluding hydrogens is 378 g/mol. The Balaban J connectivity index is 2.02. The van der Waals surface area contributed by atoms with Crippen LogP contribution in [0.4, 0.5) is 0 Å². The van der Waals surface area contributed by atoms with Crippen LogP contribution < -0.4 is 10.9 Å². The number of rotatable bonds is 7. The van der Waals surface area contributed by atoms with E-state index in [-0.39, 0.29) is 23.8 Å². The van der Waals surface area contributed by atoms with Crippen molar-refractivity contribution in [2.45, 2.75) is 11.7 Å². The molecule has 136 valence electrons. The molecule has 3 rings (SSSR count). The average Bonchev–Trinajstić information content (AvgIpc) is 3.12. The van der Waals surface area contributed by atoms with Crippen LogP contribution in [-0.4, -0.2) is 27.8 Å². The Labute approximate surface area is 165 Å². The van der Waals surface area contributed by atoms with Crippen molar-refractivity contribution < 1.29 is 4.79 Å². The number of thioether (sulfide) groups is 1. The summed E-state index contributed by atoms with van der Waals surface area (Å²) in [5.74, 6) is 2.29. The number of nitrogens with zero attached hydrogens (tertiary/aromatic N) is 2. The average molecular weight is 396 g/mol. The van der Waals surface area contributed by atoms with Crippen molar-refractivity contribution in [1.82, 2.24) is 14.9 Å². The normalized spacial score (nSPS) is 10.5. The van der Waals surface area contributed by atoms with Gasteiger partial charge in [-0.05, 0) is 5.56 Å². The number of carbonyl (C=O) groups is 1. The van der Waals surface area contributed by atoms with Crippen molar-refractivity contribution in [1.29, 1.82) is 0 Å². The molecule has 0 radical (unpaired) electrons. The van der Waals surface area contributed by atoms with E-state index in [2.05, 4.69) is 22.8 Å². The second-order valence-electron chi connectivity index (χ2n) is 5.56. The summed E-state index contributed by atoms with van der Waals surface area (Å²) in [6.45, 7) is 4.22. The molecule has 7 heteroatoms. The summed E-state index contributed by atoms with van der Waals surface area (Å²) in [6, 6.07) is 9.75. The van der Waals surface area contributed by atoms with Gasteiger partial charge in [0.2, 0.25) is 5.91 Å². The van der Waals surface area contributed by atoms with E-state index in [1.807, 2.05) is 35.7 Å². The third kappa shape index (κ3) is 4.13. The minimum absolute atomic E-state index is 0.133. The lowest BCUT2D eigenvalue weighted by atomic mass is 10.1. The topological polar surface area (TPSA) is 64.0 Å². The van der Waals surface area contributed by atoms with Crippen LogP contribution in [0.15, 0.2) is 58.3 Å². The second-order valence-corrected chi connectivity index (χ2v) is 7.36. The number of amides is 1. The number of aromatic nitrogens is 2. The fourth-order valence-electron chi connectivity index (χ4n) is 2.57. The fraction of sp³-hybridized carbons (Fsp3) is 0.150. The van der Waals surface area contributed by atoms with Crippen molar-refractivity contribution in [3.05, 3.63) is 58.7 Å². The second kappa shape index (κ2) is 8.71. The van der Waals surface area contributed by atoms with E-state index in [0.29, 0.717) is 21.9 Å². The van der Waals surface area contributed by atoms with E-state index < -0.39 is 0 Å². The molecule has 0 aliphatic rings. The van der Waals surface area contributed by atoms with Crippen LogP contribution >= 0.6 is 23.1 Å². The van der Waals surface area contributed by atoms with Crippen LogP contribution in [0.5, 0.6) is 0 Å². The summed E-state index contributed by atoms with van der Waals surface area (Å²) < 4.78 is 1.55. The Morgan fingerprint density at radius 3 is 2.89 bits per heavy atom. The molecule has 1 aromatic carbocycles. The van der Waals surface area contributed by atoms with Gasteiger partial charge in [-0.25, -0.2) is 4.98 Å². The zero-order valence-electron chi connectivity index (χ0n) is 14.5. The first-order chi connectivity index (χ1) is 13.2. The van der Waals surface area contributed by atoms with Crippen LogP contribution in [0.1, 0.15) is 0 Å². The number of hydrogen-bond acceptors (Lipinski definition) is 5. The summed E-state index contributed by atoms with van der Waals surface area (Å²) >= 11 is 2.63. The van der Waals surface area contributed by atoms with E-state index in [1.54, 1.807) is 10.6 Å². The molecule has 3 aromatic rings. The molecule has 0 saturated heterocycles. The Bertz CT molecular complexity index is 1080. The highest BCUT2D eigenvalue weighted by atomic mass is 32.2. The van der Waals surface area contributed by atoms with Gasteiger partial charge in [-0.2, -0.15) is 0 Å². The van der Waals surface area contributed by atoms with Gasteiger partial charge in [-0.1, -0.05) is 54.1 Å². The number of allylic oxidation sites excluding steroid dienone is 1. The number of thiophene rings is 1. The number of carbonyl (C=O) groups excluding carboxylic acids is 1. The standard InChI is InChI=1S/C20H17N3O2S2/c1-3-10-21-16(24)13-27-20-22-18-17(19(25)23(20)11-4-2)15(12-26-18)14-8-6-5-7-9-14/h1,4-9,12H,2,10-11,13H2,(H,21,24). The minimum Gasteiger partial charge on any atom is -0.344 e.